The van der Waals surface area contributed by atoms with Crippen molar-refractivity contribution in [3.05, 3.63) is 65.2 Å². The molecule has 0 unspecified atom stereocenters. The Morgan fingerprint density at radius 2 is 1.94 bits per heavy atom. The average molecular weight is 469 g/mol. The van der Waals surface area contributed by atoms with Gasteiger partial charge in [-0.3, -0.25) is 9.59 Å². The van der Waals surface area contributed by atoms with Crippen molar-refractivity contribution in [3.8, 4) is 5.75 Å². The lowest BCUT2D eigenvalue weighted by atomic mass is 9.77. The number of benzene rings is 2. The number of carbonyl (C=O) groups is 2. The Labute approximate surface area is 201 Å². The third-order valence-electron chi connectivity index (χ3n) is 6.73. The summed E-state index contributed by atoms with van der Waals surface area (Å²) < 4.78 is 6.16. The smallest absolute Gasteiger partial charge is 0.223 e. The molecular formula is C27H33ClN2O3. The van der Waals surface area contributed by atoms with Gasteiger partial charge in [-0.2, -0.15) is 0 Å². The quantitative estimate of drug-likeness (QED) is 0.509. The maximum Gasteiger partial charge on any atom is 0.223 e. The number of nitrogens with zero attached hydrogens (tertiary/aromatic N) is 2. The van der Waals surface area contributed by atoms with Gasteiger partial charge >= 0.3 is 0 Å². The van der Waals surface area contributed by atoms with E-state index in [2.05, 4.69) is 0 Å². The van der Waals surface area contributed by atoms with Crippen LogP contribution < -0.4 is 4.74 Å². The van der Waals surface area contributed by atoms with Crippen molar-refractivity contribution in [3.63, 3.8) is 0 Å². The van der Waals surface area contributed by atoms with Crippen molar-refractivity contribution in [2.75, 3.05) is 26.7 Å². The summed E-state index contributed by atoms with van der Waals surface area (Å²) in [4.78, 5) is 29.9. The Morgan fingerprint density at radius 1 is 1.15 bits per heavy atom. The number of likely N-dealkylation sites (tertiary alicyclic amines) is 1. The molecule has 0 radical (unpaired) electrons. The van der Waals surface area contributed by atoms with E-state index in [0.717, 1.165) is 37.8 Å². The molecule has 1 heterocycles. The van der Waals surface area contributed by atoms with Gasteiger partial charge in [-0.1, -0.05) is 48.0 Å². The highest BCUT2D eigenvalue weighted by atomic mass is 35.5. The fraction of sp³-hybridized carbons (Fsp3) is 0.481. The van der Waals surface area contributed by atoms with Gasteiger partial charge < -0.3 is 14.5 Å². The molecule has 0 aromatic heterocycles. The van der Waals surface area contributed by atoms with Crippen LogP contribution in [0, 0.1) is 11.3 Å². The number of hydrogen-bond acceptors (Lipinski definition) is 3. The maximum atomic E-state index is 13.3. The molecule has 0 spiro atoms. The van der Waals surface area contributed by atoms with Crippen LogP contribution in [-0.4, -0.2) is 48.4 Å². The molecule has 1 atom stereocenters. The van der Waals surface area contributed by atoms with E-state index < -0.39 is 5.41 Å². The minimum Gasteiger partial charge on any atom is -0.493 e. The standard InChI is InChI=1S/C27H33ClN2O3/c1-29(18-22-7-3-2-4-8-22)26(32)17-27(20-33-24-10-5-9-23(28)16-24)13-6-14-30(19-27)25(31)15-21-11-12-21/h2-5,7-10,16,21H,6,11-15,17-20H2,1H3/t27-/m0/s1. The number of piperidine rings is 1. The molecule has 0 N–H and O–H groups in total. The SMILES string of the molecule is CN(Cc1ccccc1)C(=O)C[C@@]1(COc2cccc(Cl)c2)CCCN(C(=O)CC2CC2)C1. The van der Waals surface area contributed by atoms with Crippen molar-refractivity contribution in [2.24, 2.45) is 11.3 Å². The lowest BCUT2D eigenvalue weighted by molar-refractivity contribution is -0.141. The molecule has 2 aliphatic rings. The fourth-order valence-corrected chi connectivity index (χ4v) is 4.81. The molecule has 2 amide bonds. The van der Waals surface area contributed by atoms with E-state index in [1.54, 1.807) is 11.0 Å². The van der Waals surface area contributed by atoms with E-state index in [-0.39, 0.29) is 11.8 Å². The third kappa shape index (κ3) is 6.73. The second kappa shape index (κ2) is 10.6. The summed E-state index contributed by atoms with van der Waals surface area (Å²) in [5, 5.41) is 0.616. The lowest BCUT2D eigenvalue weighted by Crippen LogP contribution is -2.50. The molecule has 5 nitrogen and oxygen atoms in total. The first kappa shape index (κ1) is 23.6. The van der Waals surface area contributed by atoms with Crippen LogP contribution in [0.4, 0.5) is 0 Å². The summed E-state index contributed by atoms with van der Waals surface area (Å²) >= 11 is 6.13. The molecule has 2 aromatic carbocycles. The topological polar surface area (TPSA) is 49.9 Å². The van der Waals surface area contributed by atoms with Gasteiger partial charge in [0.05, 0.1) is 6.61 Å². The predicted octanol–water partition coefficient (Wildman–Crippen LogP) is 5.18. The van der Waals surface area contributed by atoms with Crippen molar-refractivity contribution < 1.29 is 14.3 Å². The molecule has 1 aliphatic heterocycles. The zero-order chi connectivity index (χ0) is 23.3. The van der Waals surface area contributed by atoms with Crippen LogP contribution in [0.15, 0.2) is 54.6 Å². The van der Waals surface area contributed by atoms with Crippen LogP contribution in [0.2, 0.25) is 5.02 Å². The van der Waals surface area contributed by atoms with E-state index >= 15 is 0 Å². The van der Waals surface area contributed by atoms with E-state index in [4.69, 9.17) is 16.3 Å². The van der Waals surface area contributed by atoms with E-state index in [1.807, 2.05) is 60.5 Å². The molecule has 4 rings (SSSR count). The molecule has 1 saturated heterocycles. The summed E-state index contributed by atoms with van der Waals surface area (Å²) in [5.41, 5.74) is 0.685. The van der Waals surface area contributed by atoms with Crippen LogP contribution in [-0.2, 0) is 16.1 Å². The summed E-state index contributed by atoms with van der Waals surface area (Å²) in [5.74, 6) is 1.53. The second-order valence-electron chi connectivity index (χ2n) is 9.72. The fourth-order valence-electron chi connectivity index (χ4n) is 4.63. The van der Waals surface area contributed by atoms with Crippen LogP contribution in [0.3, 0.4) is 0 Å². The first-order chi connectivity index (χ1) is 15.9. The van der Waals surface area contributed by atoms with Crippen molar-refractivity contribution >= 4 is 23.4 Å². The average Bonchev–Trinajstić information content (AvgIpc) is 3.63. The number of halogens is 1. The number of ether oxygens (including phenoxy) is 1. The van der Waals surface area contributed by atoms with Gasteiger partial charge in [0.15, 0.2) is 0 Å². The van der Waals surface area contributed by atoms with Gasteiger partial charge in [-0.15, -0.1) is 0 Å². The predicted molar refractivity (Wildman–Crippen MR) is 130 cm³/mol. The summed E-state index contributed by atoms with van der Waals surface area (Å²) in [6.45, 7) is 2.27. The van der Waals surface area contributed by atoms with Gasteiger partial charge in [0.2, 0.25) is 11.8 Å². The highest BCUT2D eigenvalue weighted by Crippen LogP contribution is 2.38. The number of amides is 2. The highest BCUT2D eigenvalue weighted by Gasteiger charge is 2.41. The van der Waals surface area contributed by atoms with Gasteiger partial charge in [-0.05, 0) is 55.4 Å². The van der Waals surface area contributed by atoms with Crippen LogP contribution in [0.1, 0.15) is 44.1 Å². The van der Waals surface area contributed by atoms with E-state index in [0.29, 0.717) is 49.2 Å². The highest BCUT2D eigenvalue weighted by molar-refractivity contribution is 6.30. The van der Waals surface area contributed by atoms with Crippen LogP contribution >= 0.6 is 11.6 Å². The Kier molecular flexibility index (Phi) is 7.59. The van der Waals surface area contributed by atoms with Crippen LogP contribution in [0.25, 0.3) is 0 Å². The normalized spacial score (nSPS) is 20.4. The molecule has 0 bridgehead atoms. The molecule has 33 heavy (non-hydrogen) atoms. The van der Waals surface area contributed by atoms with E-state index in [9.17, 15) is 9.59 Å². The Morgan fingerprint density at radius 3 is 2.67 bits per heavy atom. The molecule has 1 saturated carbocycles. The Balaban J connectivity index is 1.47. The van der Waals surface area contributed by atoms with Crippen molar-refractivity contribution in [1.29, 1.82) is 0 Å². The summed E-state index contributed by atoms with van der Waals surface area (Å²) in [6.07, 6.45) is 5.03. The zero-order valence-corrected chi connectivity index (χ0v) is 20.1. The second-order valence-corrected chi connectivity index (χ2v) is 10.2. The number of carbonyl (C=O) groups excluding carboxylic acids is 2. The van der Waals surface area contributed by atoms with Gasteiger partial charge in [0.25, 0.3) is 0 Å². The monoisotopic (exact) mass is 468 g/mol. The molecule has 2 aromatic rings. The van der Waals surface area contributed by atoms with E-state index in [1.165, 1.54) is 0 Å². The number of hydrogen-bond donors (Lipinski definition) is 0. The summed E-state index contributed by atoms with van der Waals surface area (Å²) in [6, 6.07) is 17.3. The maximum absolute atomic E-state index is 13.3. The Hall–Kier alpha value is -2.53. The number of rotatable bonds is 9. The molecule has 2 fully saturated rings. The minimum atomic E-state index is -0.415. The first-order valence-electron chi connectivity index (χ1n) is 11.9. The molecular weight excluding hydrogens is 436 g/mol. The molecule has 6 heteroatoms. The lowest BCUT2D eigenvalue weighted by Gasteiger charge is -2.43. The Bertz CT molecular complexity index is 963. The van der Waals surface area contributed by atoms with Crippen molar-refractivity contribution in [2.45, 2.75) is 45.1 Å². The summed E-state index contributed by atoms with van der Waals surface area (Å²) in [7, 11) is 1.85. The van der Waals surface area contributed by atoms with Gasteiger partial charge in [-0.25, -0.2) is 0 Å². The zero-order valence-electron chi connectivity index (χ0n) is 19.3. The third-order valence-corrected chi connectivity index (χ3v) is 6.97. The molecule has 1 aliphatic carbocycles. The minimum absolute atomic E-state index is 0.0741. The van der Waals surface area contributed by atoms with Gasteiger partial charge in [0.1, 0.15) is 5.75 Å². The first-order valence-corrected chi connectivity index (χ1v) is 12.2. The van der Waals surface area contributed by atoms with Gasteiger partial charge in [0, 0.05) is 50.0 Å². The molecule has 176 valence electrons. The van der Waals surface area contributed by atoms with Crippen molar-refractivity contribution in [1.82, 2.24) is 9.80 Å². The van der Waals surface area contributed by atoms with Crippen LogP contribution in [0.5, 0.6) is 5.75 Å². The largest absolute Gasteiger partial charge is 0.493 e.